The highest BCUT2D eigenvalue weighted by atomic mass is 19.4. The fraction of sp³-hybridized carbons (Fsp3) is 0.522. The van der Waals surface area contributed by atoms with E-state index in [0.717, 1.165) is 31.4 Å². The van der Waals surface area contributed by atoms with Gasteiger partial charge >= 0.3 is 6.18 Å². The van der Waals surface area contributed by atoms with Crippen LogP contribution in [0.5, 0.6) is 0 Å². The lowest BCUT2D eigenvalue weighted by Gasteiger charge is -2.28. The Morgan fingerprint density at radius 3 is 2.53 bits per heavy atom. The van der Waals surface area contributed by atoms with Crippen molar-refractivity contribution in [2.24, 2.45) is 11.7 Å². The summed E-state index contributed by atoms with van der Waals surface area (Å²) in [4.78, 5) is 21.9. The summed E-state index contributed by atoms with van der Waals surface area (Å²) in [6.45, 7) is 1.71. The molecule has 0 spiro atoms. The first-order valence-corrected chi connectivity index (χ1v) is 11.3. The first-order chi connectivity index (χ1) is 16.2. The molecule has 11 heteroatoms. The molecule has 0 bridgehead atoms. The first kappa shape index (κ1) is 24.2. The fourth-order valence-corrected chi connectivity index (χ4v) is 4.65. The van der Waals surface area contributed by atoms with Gasteiger partial charge in [0, 0.05) is 19.8 Å². The van der Waals surface area contributed by atoms with Crippen molar-refractivity contribution in [2.75, 3.05) is 30.0 Å². The minimum absolute atomic E-state index is 0.0363. The molecule has 2 aliphatic heterocycles. The quantitative estimate of drug-likeness (QED) is 0.580. The predicted molar refractivity (Wildman–Crippen MR) is 118 cm³/mol. The van der Waals surface area contributed by atoms with Gasteiger partial charge in [-0.2, -0.15) is 17.6 Å². The molecule has 1 aromatic heterocycles. The van der Waals surface area contributed by atoms with Crippen molar-refractivity contribution < 1.29 is 27.1 Å². The molecule has 2 fully saturated rings. The number of benzene rings is 1. The van der Waals surface area contributed by atoms with Crippen LogP contribution in [0.1, 0.15) is 49.3 Å². The second kappa shape index (κ2) is 10.1. The number of hydrogen-bond acceptors (Lipinski definition) is 6. The number of anilines is 2. The van der Waals surface area contributed by atoms with E-state index in [1.165, 1.54) is 18.5 Å². The van der Waals surface area contributed by atoms with Gasteiger partial charge in [-0.3, -0.25) is 4.79 Å². The molecule has 2 saturated heterocycles. The summed E-state index contributed by atoms with van der Waals surface area (Å²) < 4.78 is 59.6. The molecule has 1 amide bonds. The van der Waals surface area contributed by atoms with Crippen molar-refractivity contribution in [1.82, 2.24) is 9.97 Å². The summed E-state index contributed by atoms with van der Waals surface area (Å²) in [5.74, 6) is -1.19. The number of primary amides is 1. The first-order valence-electron chi connectivity index (χ1n) is 11.3. The van der Waals surface area contributed by atoms with E-state index in [1.54, 1.807) is 4.90 Å². The van der Waals surface area contributed by atoms with Crippen LogP contribution in [0.25, 0.3) is 0 Å². The van der Waals surface area contributed by atoms with Gasteiger partial charge in [0.25, 0.3) is 0 Å². The highest BCUT2D eigenvalue weighted by molar-refractivity contribution is 5.82. The molecule has 1 aromatic carbocycles. The van der Waals surface area contributed by atoms with Crippen LogP contribution in [0.15, 0.2) is 30.6 Å². The normalized spacial score (nSPS) is 20.4. The Balaban J connectivity index is 1.53. The number of rotatable bonds is 7. The average Bonchev–Trinajstić information content (AvgIpc) is 3.29. The van der Waals surface area contributed by atoms with Gasteiger partial charge in [0.1, 0.15) is 12.4 Å². The second-order valence-corrected chi connectivity index (χ2v) is 8.72. The number of aromatic nitrogens is 2. The maximum absolute atomic E-state index is 15.5. The number of alkyl halides is 3. The average molecular weight is 481 g/mol. The molecule has 4 rings (SSSR count). The third-order valence-corrected chi connectivity index (χ3v) is 6.48. The smallest absolute Gasteiger partial charge is 0.381 e. The lowest BCUT2D eigenvalue weighted by Crippen LogP contribution is -2.38. The third kappa shape index (κ3) is 5.40. The van der Waals surface area contributed by atoms with Crippen molar-refractivity contribution in [3.63, 3.8) is 0 Å². The van der Waals surface area contributed by atoms with Crippen LogP contribution in [0.2, 0.25) is 0 Å². The third-order valence-electron chi connectivity index (χ3n) is 6.48. The number of nitrogens with two attached hydrogens (primary N) is 1. The fourth-order valence-electron chi connectivity index (χ4n) is 4.65. The molecule has 2 aliphatic rings. The maximum Gasteiger partial charge on any atom is 0.416 e. The molecule has 0 aliphatic carbocycles. The molecule has 3 heterocycles. The molecule has 184 valence electrons. The van der Waals surface area contributed by atoms with Crippen LogP contribution in [0, 0.1) is 11.7 Å². The Kier molecular flexibility index (Phi) is 7.20. The number of ether oxygens (including phenoxy) is 1. The Hall–Kier alpha value is -2.95. The van der Waals surface area contributed by atoms with Gasteiger partial charge in [0.15, 0.2) is 11.6 Å². The van der Waals surface area contributed by atoms with Gasteiger partial charge in [-0.15, -0.1) is 0 Å². The van der Waals surface area contributed by atoms with Gasteiger partial charge in [-0.05, 0) is 55.7 Å². The van der Waals surface area contributed by atoms with Crippen LogP contribution < -0.4 is 16.0 Å². The minimum atomic E-state index is -4.42. The summed E-state index contributed by atoms with van der Waals surface area (Å²) in [7, 11) is 0. The monoisotopic (exact) mass is 481 g/mol. The largest absolute Gasteiger partial charge is 0.416 e. The van der Waals surface area contributed by atoms with E-state index in [-0.39, 0.29) is 23.6 Å². The molecular weight excluding hydrogens is 454 g/mol. The molecule has 2 aromatic rings. The number of hydrogen-bond donors (Lipinski definition) is 2. The number of halogens is 4. The van der Waals surface area contributed by atoms with Crippen LogP contribution in [-0.2, 0) is 15.7 Å². The Bertz CT molecular complexity index is 996. The summed E-state index contributed by atoms with van der Waals surface area (Å²) in [6, 6.07) is 3.77. The Morgan fingerprint density at radius 1 is 1.18 bits per heavy atom. The molecule has 34 heavy (non-hydrogen) atoms. The standard InChI is InChI=1S/C23H27F4N5O2/c24-19-21(31-17(20(28)33)12-14-7-10-34-11-8-14)29-13-30-22(19)32-9-1-2-18(32)15-3-5-16(6-4-15)23(25,26)27/h3-6,13-14,17-18H,1-2,7-12H2,(H2,28,33)(H,29,30,31)/t17-,18?/m1/s1. The topological polar surface area (TPSA) is 93.4 Å². The number of nitrogens with zero attached hydrogens (tertiary/aromatic N) is 3. The molecule has 3 N–H and O–H groups in total. The summed E-state index contributed by atoms with van der Waals surface area (Å²) in [5.41, 5.74) is 5.48. The van der Waals surface area contributed by atoms with Gasteiger partial charge < -0.3 is 20.7 Å². The van der Waals surface area contributed by atoms with E-state index in [1.807, 2.05) is 0 Å². The second-order valence-electron chi connectivity index (χ2n) is 8.72. The summed E-state index contributed by atoms with van der Waals surface area (Å²) >= 11 is 0. The molecular formula is C23H27F4N5O2. The van der Waals surface area contributed by atoms with E-state index >= 15 is 4.39 Å². The zero-order valence-electron chi connectivity index (χ0n) is 18.5. The van der Waals surface area contributed by atoms with Crippen LogP contribution in [-0.4, -0.2) is 41.7 Å². The predicted octanol–water partition coefficient (Wildman–Crippen LogP) is 4.06. The zero-order valence-corrected chi connectivity index (χ0v) is 18.5. The van der Waals surface area contributed by atoms with Crippen LogP contribution in [0.4, 0.5) is 29.2 Å². The summed E-state index contributed by atoms with van der Waals surface area (Å²) in [6.07, 6.45) is 0.188. The van der Waals surface area contributed by atoms with Gasteiger partial charge in [-0.1, -0.05) is 12.1 Å². The highest BCUT2D eigenvalue weighted by Gasteiger charge is 2.33. The van der Waals surface area contributed by atoms with E-state index < -0.39 is 29.5 Å². The summed E-state index contributed by atoms with van der Waals surface area (Å²) in [5, 5.41) is 2.84. The van der Waals surface area contributed by atoms with Crippen molar-refractivity contribution in [2.45, 2.75) is 50.4 Å². The maximum atomic E-state index is 15.5. The van der Waals surface area contributed by atoms with E-state index in [9.17, 15) is 18.0 Å². The number of carbonyl (C=O) groups excluding carboxylic acids is 1. The van der Waals surface area contributed by atoms with E-state index in [4.69, 9.17) is 10.5 Å². The van der Waals surface area contributed by atoms with Crippen molar-refractivity contribution >= 4 is 17.5 Å². The van der Waals surface area contributed by atoms with Gasteiger partial charge in [0.2, 0.25) is 11.7 Å². The van der Waals surface area contributed by atoms with Crippen molar-refractivity contribution in [3.05, 3.63) is 47.5 Å². The lowest BCUT2D eigenvalue weighted by atomic mass is 9.92. The number of carbonyl (C=O) groups is 1. The van der Waals surface area contributed by atoms with E-state index in [0.29, 0.717) is 38.2 Å². The van der Waals surface area contributed by atoms with Gasteiger partial charge in [0.05, 0.1) is 11.6 Å². The molecule has 0 saturated carbocycles. The lowest BCUT2D eigenvalue weighted by molar-refractivity contribution is -0.137. The van der Waals surface area contributed by atoms with E-state index in [2.05, 4.69) is 15.3 Å². The Labute approximate surface area is 194 Å². The van der Waals surface area contributed by atoms with Crippen molar-refractivity contribution in [1.29, 1.82) is 0 Å². The van der Waals surface area contributed by atoms with Gasteiger partial charge in [-0.25, -0.2) is 9.97 Å². The highest BCUT2D eigenvalue weighted by Crippen LogP contribution is 2.38. The SMILES string of the molecule is NC(=O)[C@@H](CC1CCOCC1)Nc1ncnc(N2CCCC2c2ccc(C(F)(F)F)cc2)c1F. The zero-order chi connectivity index (χ0) is 24.3. The van der Waals surface area contributed by atoms with Crippen molar-refractivity contribution in [3.8, 4) is 0 Å². The van der Waals surface area contributed by atoms with Crippen LogP contribution >= 0.6 is 0 Å². The molecule has 7 nitrogen and oxygen atoms in total. The van der Waals surface area contributed by atoms with Crippen LogP contribution in [0.3, 0.4) is 0 Å². The number of nitrogens with one attached hydrogen (secondary N) is 1. The molecule has 0 radical (unpaired) electrons. The Morgan fingerprint density at radius 2 is 1.88 bits per heavy atom. The number of amides is 1. The molecule has 1 unspecified atom stereocenters. The molecule has 2 atom stereocenters. The minimum Gasteiger partial charge on any atom is -0.381 e.